The van der Waals surface area contributed by atoms with Crippen LogP contribution in [0.25, 0.3) is 0 Å². The zero-order valence-electron chi connectivity index (χ0n) is 5.26. The molecule has 0 saturated heterocycles. The molecule has 6 heteroatoms. The third kappa shape index (κ3) is 1.76. The van der Waals surface area contributed by atoms with Gasteiger partial charge in [-0.15, -0.1) is 11.8 Å². The number of rotatable bonds is 1. The van der Waals surface area contributed by atoms with Crippen LogP contribution in [0.3, 0.4) is 0 Å². The lowest BCUT2D eigenvalue weighted by molar-refractivity contribution is -0.135. The third-order valence-electron chi connectivity index (χ3n) is 1.13. The normalized spacial score (nSPS) is 28.8. The molecular formula is C5H5O4S2-. The lowest BCUT2D eigenvalue weighted by atomic mass is 10.3. The average molecular weight is 193 g/mol. The SMILES string of the molecule is O=C(O)C1SC=C/C1=[S-](=O)\O. The van der Waals surface area contributed by atoms with E-state index in [4.69, 9.17) is 9.66 Å². The molecule has 62 valence electrons. The molecule has 1 atom stereocenters. The molecule has 1 aliphatic heterocycles. The second-order valence-electron chi connectivity index (χ2n) is 1.81. The maximum atomic E-state index is 10.5. The summed E-state index contributed by atoms with van der Waals surface area (Å²) in [6.45, 7) is 0. The standard InChI is InChI=1S/C5H5O4S2/c6-5(7)4-3(11(8)9)1-2-10-4/h1-2,4H,(H,6,7)(H,8,9)/q-1. The molecule has 1 heterocycles. The van der Waals surface area contributed by atoms with E-state index in [1.165, 1.54) is 11.5 Å². The van der Waals surface area contributed by atoms with Gasteiger partial charge in [0.1, 0.15) is 5.25 Å². The van der Waals surface area contributed by atoms with Crippen molar-refractivity contribution < 1.29 is 18.7 Å². The van der Waals surface area contributed by atoms with E-state index in [-0.39, 0.29) is 4.86 Å². The van der Waals surface area contributed by atoms with Crippen molar-refractivity contribution in [1.29, 1.82) is 0 Å². The quantitative estimate of drug-likeness (QED) is 0.356. The summed E-state index contributed by atoms with van der Waals surface area (Å²) >= 11 is 1.02. The summed E-state index contributed by atoms with van der Waals surface area (Å²) in [5.74, 6) is -1.09. The lowest BCUT2D eigenvalue weighted by Gasteiger charge is -2.08. The number of allylic oxidation sites excluding steroid dienone is 1. The van der Waals surface area contributed by atoms with Crippen LogP contribution in [-0.2, 0) is 19.7 Å². The molecule has 0 aromatic rings. The van der Waals surface area contributed by atoms with E-state index in [0.29, 0.717) is 0 Å². The highest BCUT2D eigenvalue weighted by molar-refractivity contribution is 8.05. The Labute approximate surface area is 69.2 Å². The zero-order chi connectivity index (χ0) is 8.43. The van der Waals surface area contributed by atoms with E-state index in [9.17, 15) is 9.00 Å². The first-order chi connectivity index (χ1) is 5.13. The Kier molecular flexibility index (Phi) is 2.58. The summed E-state index contributed by atoms with van der Waals surface area (Å²) in [7, 11) is -2.16. The van der Waals surface area contributed by atoms with Gasteiger partial charge in [-0.25, -0.2) is 0 Å². The van der Waals surface area contributed by atoms with Gasteiger partial charge in [-0.3, -0.25) is 4.79 Å². The molecule has 0 radical (unpaired) electrons. The molecule has 1 aliphatic rings. The maximum absolute atomic E-state index is 10.5. The largest absolute Gasteiger partial charge is 0.480 e. The topological polar surface area (TPSA) is 74.6 Å². The Balaban J connectivity index is 2.99. The van der Waals surface area contributed by atoms with E-state index in [1.54, 1.807) is 0 Å². The molecule has 11 heavy (non-hydrogen) atoms. The predicted octanol–water partition coefficient (Wildman–Crippen LogP) is 0.309. The maximum Gasteiger partial charge on any atom is 0.319 e. The van der Waals surface area contributed by atoms with Crippen LogP contribution in [0.5, 0.6) is 0 Å². The van der Waals surface area contributed by atoms with Gasteiger partial charge in [0.25, 0.3) is 0 Å². The minimum absolute atomic E-state index is 0.0440. The van der Waals surface area contributed by atoms with Crippen molar-refractivity contribution in [2.45, 2.75) is 5.25 Å². The molecule has 0 aromatic carbocycles. The predicted molar refractivity (Wildman–Crippen MR) is 43.8 cm³/mol. The summed E-state index contributed by atoms with van der Waals surface area (Å²) in [5, 5.41) is 9.12. The molecule has 0 bridgehead atoms. The number of thioether (sulfide) groups is 1. The number of hydrogen-bond acceptors (Lipinski definition) is 4. The molecule has 0 aliphatic carbocycles. The summed E-state index contributed by atoms with van der Waals surface area (Å²) in [4.78, 5) is 10.4. The fourth-order valence-electron chi connectivity index (χ4n) is 0.669. The highest BCUT2D eigenvalue weighted by Gasteiger charge is 2.21. The van der Waals surface area contributed by atoms with Crippen LogP contribution in [0.15, 0.2) is 11.5 Å². The fourth-order valence-corrected chi connectivity index (χ4v) is 2.35. The third-order valence-corrected chi connectivity index (χ3v) is 3.08. The lowest BCUT2D eigenvalue weighted by Crippen LogP contribution is -2.23. The van der Waals surface area contributed by atoms with Crippen molar-refractivity contribution in [1.82, 2.24) is 0 Å². The van der Waals surface area contributed by atoms with Crippen molar-refractivity contribution in [2.75, 3.05) is 0 Å². The molecule has 4 nitrogen and oxygen atoms in total. The van der Waals surface area contributed by atoms with Crippen LogP contribution in [0.2, 0.25) is 0 Å². The van der Waals surface area contributed by atoms with Gasteiger partial charge in [0.2, 0.25) is 0 Å². The van der Waals surface area contributed by atoms with Crippen LogP contribution in [-0.4, -0.2) is 25.7 Å². The van der Waals surface area contributed by atoms with Gasteiger partial charge in [-0.05, 0) is 5.41 Å². The number of aliphatic carboxylic acids is 1. The second-order valence-corrected chi connectivity index (χ2v) is 3.79. The van der Waals surface area contributed by atoms with Crippen LogP contribution in [0.4, 0.5) is 0 Å². The van der Waals surface area contributed by atoms with Gasteiger partial charge in [0.15, 0.2) is 0 Å². The molecule has 0 aromatic heterocycles. The molecule has 0 spiro atoms. The minimum atomic E-state index is -2.16. The van der Waals surface area contributed by atoms with Gasteiger partial charge in [0, 0.05) is 0 Å². The van der Waals surface area contributed by atoms with Crippen LogP contribution in [0, 0.1) is 0 Å². The first kappa shape index (κ1) is 8.63. The van der Waals surface area contributed by atoms with E-state index in [2.05, 4.69) is 0 Å². The molecular weight excluding hydrogens is 188 g/mol. The molecule has 0 amide bonds. The number of carboxylic acid groups (broad SMARTS) is 1. The minimum Gasteiger partial charge on any atom is -0.480 e. The molecule has 2 N–H and O–H groups in total. The van der Waals surface area contributed by atoms with E-state index < -0.39 is 21.9 Å². The number of carbonyl (C=O) groups is 1. The second kappa shape index (κ2) is 3.29. The van der Waals surface area contributed by atoms with Crippen molar-refractivity contribution >= 4 is 33.3 Å². The highest BCUT2D eigenvalue weighted by atomic mass is 32.2. The molecule has 1 rings (SSSR count). The fraction of sp³-hybridized carbons (Fsp3) is 0.200. The Bertz CT molecular complexity index is 287. The zero-order valence-corrected chi connectivity index (χ0v) is 6.89. The van der Waals surface area contributed by atoms with Crippen molar-refractivity contribution in [3.63, 3.8) is 0 Å². The first-order valence-electron chi connectivity index (χ1n) is 2.65. The Morgan fingerprint density at radius 2 is 2.36 bits per heavy atom. The Morgan fingerprint density at radius 3 is 2.73 bits per heavy atom. The summed E-state index contributed by atoms with van der Waals surface area (Å²) in [6, 6.07) is 0. The van der Waals surface area contributed by atoms with Gasteiger partial charge >= 0.3 is 5.97 Å². The summed E-state index contributed by atoms with van der Waals surface area (Å²) in [5.41, 5.74) is 0. The van der Waals surface area contributed by atoms with Crippen molar-refractivity contribution in [3.8, 4) is 0 Å². The Morgan fingerprint density at radius 1 is 1.73 bits per heavy atom. The molecule has 1 unspecified atom stereocenters. The van der Waals surface area contributed by atoms with E-state index in [1.807, 2.05) is 0 Å². The smallest absolute Gasteiger partial charge is 0.319 e. The Hall–Kier alpha value is -0.460. The van der Waals surface area contributed by atoms with Crippen molar-refractivity contribution in [3.05, 3.63) is 11.5 Å². The van der Waals surface area contributed by atoms with E-state index >= 15 is 0 Å². The summed E-state index contributed by atoms with van der Waals surface area (Å²) in [6.07, 6.45) is 1.36. The number of hydrogen-bond donors (Lipinski definition) is 2. The molecule has 0 fully saturated rings. The monoisotopic (exact) mass is 193 g/mol. The van der Waals surface area contributed by atoms with Crippen LogP contribution >= 0.6 is 11.8 Å². The molecule has 0 saturated carbocycles. The van der Waals surface area contributed by atoms with Gasteiger partial charge in [-0.1, -0.05) is 10.9 Å². The number of carboxylic acids is 1. The average Bonchev–Trinajstić information content (AvgIpc) is 2.32. The van der Waals surface area contributed by atoms with Gasteiger partial charge in [0.05, 0.1) is 0 Å². The first-order valence-corrected chi connectivity index (χ1v) is 4.70. The van der Waals surface area contributed by atoms with E-state index in [0.717, 1.165) is 11.8 Å². The summed E-state index contributed by atoms with van der Waals surface area (Å²) < 4.78 is 19.0. The van der Waals surface area contributed by atoms with Gasteiger partial charge < -0.3 is 13.9 Å². The van der Waals surface area contributed by atoms with Crippen LogP contribution < -0.4 is 0 Å². The van der Waals surface area contributed by atoms with Gasteiger partial charge in [-0.2, -0.15) is 10.7 Å². The van der Waals surface area contributed by atoms with Crippen LogP contribution in [0.1, 0.15) is 0 Å². The highest BCUT2D eigenvalue weighted by Crippen LogP contribution is 2.21. The van der Waals surface area contributed by atoms with Crippen molar-refractivity contribution in [2.24, 2.45) is 0 Å².